The molecule has 112 valence electrons. The number of nitrogens with zero attached hydrogens (tertiary/aromatic N) is 1. The highest BCUT2D eigenvalue weighted by Gasteiger charge is 2.11. The van der Waals surface area contributed by atoms with Crippen LogP contribution in [0.15, 0.2) is 41.2 Å². The molecule has 0 fully saturated rings. The molecule has 21 heavy (non-hydrogen) atoms. The van der Waals surface area contributed by atoms with Gasteiger partial charge in [-0.1, -0.05) is 0 Å². The average molecular weight is 286 g/mol. The van der Waals surface area contributed by atoms with Crippen molar-refractivity contribution in [3.63, 3.8) is 0 Å². The Bertz CT molecular complexity index is 670. The van der Waals surface area contributed by atoms with E-state index >= 15 is 0 Å². The molecule has 0 atom stereocenters. The van der Waals surface area contributed by atoms with Crippen LogP contribution in [0.3, 0.4) is 0 Å². The summed E-state index contributed by atoms with van der Waals surface area (Å²) in [5.41, 5.74) is 7.68. The SMILES string of the molecule is CC(C)Oc1ccc(-c2ccc(N)c(=O)n2C(C)C)cc1. The topological polar surface area (TPSA) is 57.2 Å². The smallest absolute Gasteiger partial charge is 0.274 e. The van der Waals surface area contributed by atoms with Gasteiger partial charge in [-0.3, -0.25) is 4.79 Å². The molecule has 2 N–H and O–H groups in total. The van der Waals surface area contributed by atoms with Crippen molar-refractivity contribution >= 4 is 5.69 Å². The lowest BCUT2D eigenvalue weighted by molar-refractivity contribution is 0.242. The van der Waals surface area contributed by atoms with E-state index in [0.717, 1.165) is 17.0 Å². The van der Waals surface area contributed by atoms with Crippen molar-refractivity contribution in [2.45, 2.75) is 39.8 Å². The Morgan fingerprint density at radius 3 is 2.14 bits per heavy atom. The standard InChI is InChI=1S/C17H22N2O2/c1-11(2)19-16(10-9-15(18)17(19)20)13-5-7-14(8-6-13)21-12(3)4/h5-12H,18H2,1-4H3. The maximum Gasteiger partial charge on any atom is 0.274 e. The minimum absolute atomic E-state index is 0.0441. The average Bonchev–Trinajstić information content (AvgIpc) is 2.41. The van der Waals surface area contributed by atoms with Crippen molar-refractivity contribution in [1.82, 2.24) is 4.57 Å². The summed E-state index contributed by atoms with van der Waals surface area (Å²) in [6.45, 7) is 7.93. The van der Waals surface area contributed by atoms with Gasteiger partial charge in [0.25, 0.3) is 5.56 Å². The largest absolute Gasteiger partial charge is 0.491 e. The molecule has 2 aromatic rings. The summed E-state index contributed by atoms with van der Waals surface area (Å²) in [5, 5.41) is 0. The van der Waals surface area contributed by atoms with Crippen molar-refractivity contribution in [3.05, 3.63) is 46.8 Å². The lowest BCUT2D eigenvalue weighted by Crippen LogP contribution is -2.25. The van der Waals surface area contributed by atoms with E-state index in [2.05, 4.69) is 0 Å². The van der Waals surface area contributed by atoms with Gasteiger partial charge in [0, 0.05) is 6.04 Å². The van der Waals surface area contributed by atoms with Crippen molar-refractivity contribution in [1.29, 1.82) is 0 Å². The van der Waals surface area contributed by atoms with Crippen molar-refractivity contribution in [3.8, 4) is 17.0 Å². The number of pyridine rings is 1. The Morgan fingerprint density at radius 1 is 1.00 bits per heavy atom. The van der Waals surface area contributed by atoms with E-state index < -0.39 is 0 Å². The minimum Gasteiger partial charge on any atom is -0.491 e. The normalized spacial score (nSPS) is 11.1. The summed E-state index contributed by atoms with van der Waals surface area (Å²) >= 11 is 0. The van der Waals surface area contributed by atoms with Gasteiger partial charge in [-0.2, -0.15) is 0 Å². The van der Waals surface area contributed by atoms with E-state index in [1.54, 1.807) is 10.6 Å². The molecule has 0 bridgehead atoms. The van der Waals surface area contributed by atoms with Crippen LogP contribution < -0.4 is 16.0 Å². The third-order valence-corrected chi connectivity index (χ3v) is 3.18. The Hall–Kier alpha value is -2.23. The van der Waals surface area contributed by atoms with Crippen LogP contribution in [-0.4, -0.2) is 10.7 Å². The third-order valence-electron chi connectivity index (χ3n) is 3.18. The molecule has 1 heterocycles. The number of hydrogen-bond acceptors (Lipinski definition) is 3. The molecule has 0 unspecified atom stereocenters. The molecule has 4 nitrogen and oxygen atoms in total. The molecule has 2 rings (SSSR count). The van der Waals surface area contributed by atoms with Crippen LogP contribution in [0.5, 0.6) is 5.75 Å². The van der Waals surface area contributed by atoms with E-state index in [-0.39, 0.29) is 23.4 Å². The highest BCUT2D eigenvalue weighted by atomic mass is 16.5. The molecule has 0 spiro atoms. The van der Waals surface area contributed by atoms with Gasteiger partial charge < -0.3 is 15.0 Å². The predicted molar refractivity (Wildman–Crippen MR) is 86.7 cm³/mol. The van der Waals surface area contributed by atoms with E-state index in [0.29, 0.717) is 0 Å². The lowest BCUT2D eigenvalue weighted by Gasteiger charge is -2.17. The zero-order valence-electron chi connectivity index (χ0n) is 13.0. The molecule has 0 amide bonds. The Balaban J connectivity index is 2.47. The Labute approximate surface area is 125 Å². The first-order chi connectivity index (χ1) is 9.90. The van der Waals surface area contributed by atoms with Gasteiger partial charge >= 0.3 is 0 Å². The summed E-state index contributed by atoms with van der Waals surface area (Å²) in [7, 11) is 0. The number of rotatable bonds is 4. The van der Waals surface area contributed by atoms with Crippen LogP contribution in [0.2, 0.25) is 0 Å². The zero-order valence-corrected chi connectivity index (χ0v) is 13.0. The summed E-state index contributed by atoms with van der Waals surface area (Å²) in [6, 6.07) is 11.3. The lowest BCUT2D eigenvalue weighted by atomic mass is 10.1. The first kappa shape index (κ1) is 15.2. The van der Waals surface area contributed by atoms with Gasteiger partial charge in [0.2, 0.25) is 0 Å². The summed E-state index contributed by atoms with van der Waals surface area (Å²) < 4.78 is 7.35. The summed E-state index contributed by atoms with van der Waals surface area (Å²) in [4.78, 5) is 12.2. The zero-order chi connectivity index (χ0) is 15.6. The minimum atomic E-state index is -0.148. The van der Waals surface area contributed by atoms with Crippen LogP contribution in [0, 0.1) is 0 Å². The van der Waals surface area contributed by atoms with Crippen LogP contribution in [0.4, 0.5) is 5.69 Å². The first-order valence-corrected chi connectivity index (χ1v) is 7.18. The number of anilines is 1. The molecule has 4 heteroatoms. The highest BCUT2D eigenvalue weighted by Crippen LogP contribution is 2.24. The number of ether oxygens (including phenoxy) is 1. The second kappa shape index (κ2) is 6.04. The second-order valence-electron chi connectivity index (χ2n) is 5.63. The number of hydrogen-bond donors (Lipinski definition) is 1. The maximum atomic E-state index is 12.2. The van der Waals surface area contributed by atoms with Gasteiger partial charge in [0.15, 0.2) is 0 Å². The van der Waals surface area contributed by atoms with Crippen molar-refractivity contribution in [2.24, 2.45) is 0 Å². The Kier molecular flexibility index (Phi) is 4.36. The molecule has 0 radical (unpaired) electrons. The van der Waals surface area contributed by atoms with E-state index in [1.165, 1.54) is 0 Å². The van der Waals surface area contributed by atoms with Gasteiger partial charge in [-0.05, 0) is 69.7 Å². The number of aromatic nitrogens is 1. The molecule has 0 saturated heterocycles. The molecule has 1 aromatic heterocycles. The number of nitrogen functional groups attached to an aromatic ring is 1. The Morgan fingerprint density at radius 2 is 1.62 bits per heavy atom. The summed E-state index contributed by atoms with van der Waals surface area (Å²) in [5.74, 6) is 0.822. The monoisotopic (exact) mass is 286 g/mol. The fraction of sp³-hybridized carbons (Fsp3) is 0.353. The second-order valence-corrected chi connectivity index (χ2v) is 5.63. The van der Waals surface area contributed by atoms with Crippen LogP contribution in [0.1, 0.15) is 33.7 Å². The van der Waals surface area contributed by atoms with E-state index in [4.69, 9.17) is 10.5 Å². The molecule has 1 aromatic carbocycles. The number of nitrogens with two attached hydrogens (primary N) is 1. The van der Waals surface area contributed by atoms with Crippen molar-refractivity contribution in [2.75, 3.05) is 5.73 Å². The van der Waals surface area contributed by atoms with Gasteiger partial charge in [0.05, 0.1) is 17.5 Å². The molecular weight excluding hydrogens is 264 g/mol. The molecule has 0 aliphatic rings. The summed E-state index contributed by atoms with van der Waals surface area (Å²) in [6.07, 6.45) is 0.140. The van der Waals surface area contributed by atoms with Crippen LogP contribution in [-0.2, 0) is 0 Å². The fourth-order valence-corrected chi connectivity index (χ4v) is 2.29. The number of benzene rings is 1. The van der Waals surface area contributed by atoms with E-state index in [1.807, 2.05) is 58.0 Å². The van der Waals surface area contributed by atoms with Gasteiger partial charge in [0.1, 0.15) is 5.75 Å². The van der Waals surface area contributed by atoms with Crippen LogP contribution in [0.25, 0.3) is 11.3 Å². The first-order valence-electron chi connectivity index (χ1n) is 7.18. The van der Waals surface area contributed by atoms with Crippen LogP contribution >= 0.6 is 0 Å². The molecule has 0 saturated carbocycles. The molecular formula is C17H22N2O2. The quantitative estimate of drug-likeness (QED) is 0.936. The molecule has 0 aliphatic carbocycles. The predicted octanol–water partition coefficient (Wildman–Crippen LogP) is 3.47. The fourth-order valence-electron chi connectivity index (χ4n) is 2.29. The highest BCUT2D eigenvalue weighted by molar-refractivity contribution is 5.62. The van der Waals surface area contributed by atoms with E-state index in [9.17, 15) is 4.79 Å². The third kappa shape index (κ3) is 3.27. The van der Waals surface area contributed by atoms with Crippen molar-refractivity contribution < 1.29 is 4.74 Å². The van der Waals surface area contributed by atoms with Gasteiger partial charge in [-0.25, -0.2) is 0 Å². The maximum absolute atomic E-state index is 12.2. The van der Waals surface area contributed by atoms with Gasteiger partial charge in [-0.15, -0.1) is 0 Å². The molecule has 0 aliphatic heterocycles.